The Labute approximate surface area is 185 Å². The Bertz CT molecular complexity index is 1180. The summed E-state index contributed by atoms with van der Waals surface area (Å²) in [6.07, 6.45) is 1.41. The average Bonchev–Trinajstić information content (AvgIpc) is 3.29. The summed E-state index contributed by atoms with van der Waals surface area (Å²) in [6.45, 7) is 0.619. The second-order valence-corrected chi connectivity index (χ2v) is 9.49. The number of hydrogen-bond donors (Lipinski definition) is 0. The molecule has 0 unspecified atom stereocenters. The van der Waals surface area contributed by atoms with E-state index in [0.29, 0.717) is 41.1 Å². The number of benzene rings is 2. The summed E-state index contributed by atoms with van der Waals surface area (Å²) in [5.41, 5.74) is 0.688. The van der Waals surface area contributed by atoms with Crippen molar-refractivity contribution < 1.29 is 22.3 Å². The first-order valence-corrected chi connectivity index (χ1v) is 11.6. The first kappa shape index (κ1) is 21.6. The van der Waals surface area contributed by atoms with E-state index in [1.165, 1.54) is 17.5 Å². The van der Waals surface area contributed by atoms with Crippen LogP contribution in [0.5, 0.6) is 11.5 Å². The highest BCUT2D eigenvalue weighted by Gasteiger charge is 2.35. The van der Waals surface area contributed by atoms with Crippen LogP contribution in [0, 0.1) is 0 Å². The summed E-state index contributed by atoms with van der Waals surface area (Å²) < 4.78 is 44.6. The van der Waals surface area contributed by atoms with E-state index in [2.05, 4.69) is 10.2 Å². The average molecular weight is 464 g/mol. The van der Waals surface area contributed by atoms with Crippen molar-refractivity contribution in [2.45, 2.75) is 23.7 Å². The Morgan fingerprint density at radius 1 is 1.10 bits per heavy atom. The summed E-state index contributed by atoms with van der Waals surface area (Å²) in [5.74, 6) is 1.40. The predicted molar refractivity (Wildman–Crippen MR) is 115 cm³/mol. The number of sulfonamides is 1. The van der Waals surface area contributed by atoms with Gasteiger partial charge < -0.3 is 13.9 Å². The van der Waals surface area contributed by atoms with E-state index < -0.39 is 10.0 Å². The van der Waals surface area contributed by atoms with Gasteiger partial charge in [-0.2, -0.15) is 4.31 Å². The number of methoxy groups -OCH3 is 2. The maximum atomic E-state index is 13.3. The van der Waals surface area contributed by atoms with Crippen molar-refractivity contribution in [3.05, 3.63) is 53.4 Å². The van der Waals surface area contributed by atoms with Gasteiger partial charge in [0.15, 0.2) is 0 Å². The molecule has 3 aromatic rings. The van der Waals surface area contributed by atoms with E-state index in [-0.39, 0.29) is 23.1 Å². The Morgan fingerprint density at radius 2 is 1.87 bits per heavy atom. The molecule has 4 rings (SSSR count). The topological polar surface area (TPSA) is 94.8 Å². The zero-order valence-corrected chi connectivity index (χ0v) is 18.7. The van der Waals surface area contributed by atoms with Gasteiger partial charge in [-0.1, -0.05) is 23.7 Å². The maximum Gasteiger partial charge on any atom is 0.251 e. The van der Waals surface area contributed by atoms with Crippen molar-refractivity contribution in [2.75, 3.05) is 27.3 Å². The van der Waals surface area contributed by atoms with E-state index in [4.69, 9.17) is 25.5 Å². The van der Waals surface area contributed by atoms with Crippen LogP contribution < -0.4 is 9.47 Å². The van der Waals surface area contributed by atoms with E-state index in [0.717, 1.165) is 6.42 Å². The van der Waals surface area contributed by atoms with Gasteiger partial charge in [-0.25, -0.2) is 8.42 Å². The Hall–Kier alpha value is -2.62. The SMILES string of the molecule is COc1ccccc1-c1nnc([C@@H]2CCCN(S(=O)(=O)c3cc(Cl)ccc3OC)C2)o1. The Kier molecular flexibility index (Phi) is 6.17. The molecule has 0 aliphatic carbocycles. The molecule has 0 N–H and O–H groups in total. The first-order chi connectivity index (χ1) is 14.9. The first-order valence-electron chi connectivity index (χ1n) is 9.74. The van der Waals surface area contributed by atoms with E-state index in [1.54, 1.807) is 19.2 Å². The number of halogens is 1. The standard InChI is InChI=1S/C21H22ClN3O5S/c1-28-17-8-4-3-7-16(17)21-24-23-20(30-21)14-6-5-11-25(13-14)31(26,27)19-12-15(22)9-10-18(19)29-2/h3-4,7-10,12,14H,5-6,11,13H2,1-2H3/t14-/m1/s1. The normalized spacial score (nSPS) is 17.5. The third-order valence-corrected chi connectivity index (χ3v) is 7.38. The summed E-state index contributed by atoms with van der Waals surface area (Å²) in [5, 5.41) is 8.67. The monoisotopic (exact) mass is 463 g/mol. The molecule has 1 aromatic heterocycles. The number of hydrogen-bond acceptors (Lipinski definition) is 7. The summed E-state index contributed by atoms with van der Waals surface area (Å²) in [4.78, 5) is 0.0448. The molecule has 1 saturated heterocycles. The lowest BCUT2D eigenvalue weighted by atomic mass is 10.00. The van der Waals surface area contributed by atoms with Crippen LogP contribution in [0.3, 0.4) is 0 Å². The minimum absolute atomic E-state index is 0.0448. The van der Waals surface area contributed by atoms with Gasteiger partial charge in [0.1, 0.15) is 16.4 Å². The Balaban J connectivity index is 1.60. The van der Waals surface area contributed by atoms with Crippen LogP contribution in [0.1, 0.15) is 24.7 Å². The quantitative estimate of drug-likeness (QED) is 0.545. The molecule has 31 heavy (non-hydrogen) atoms. The molecular weight excluding hydrogens is 442 g/mol. The molecule has 0 radical (unpaired) electrons. The molecule has 10 heteroatoms. The maximum absolute atomic E-state index is 13.3. The van der Waals surface area contributed by atoms with Crippen molar-refractivity contribution in [2.24, 2.45) is 0 Å². The molecule has 2 heterocycles. The van der Waals surface area contributed by atoms with Gasteiger partial charge in [-0.3, -0.25) is 0 Å². The second-order valence-electron chi connectivity index (χ2n) is 7.14. The molecule has 0 saturated carbocycles. The second kappa shape index (κ2) is 8.86. The third-order valence-electron chi connectivity index (χ3n) is 5.25. The van der Waals surface area contributed by atoms with Gasteiger partial charge >= 0.3 is 0 Å². The van der Waals surface area contributed by atoms with E-state index in [1.807, 2.05) is 24.3 Å². The van der Waals surface area contributed by atoms with Crippen molar-refractivity contribution in [3.63, 3.8) is 0 Å². The lowest BCUT2D eigenvalue weighted by Gasteiger charge is -2.30. The fraction of sp³-hybridized carbons (Fsp3) is 0.333. The third kappa shape index (κ3) is 4.26. The molecule has 8 nitrogen and oxygen atoms in total. The number of aromatic nitrogens is 2. The fourth-order valence-electron chi connectivity index (χ4n) is 3.68. The number of piperidine rings is 1. The fourth-order valence-corrected chi connectivity index (χ4v) is 5.63. The molecular formula is C21H22ClN3O5S. The minimum Gasteiger partial charge on any atom is -0.496 e. The lowest BCUT2D eigenvalue weighted by molar-refractivity contribution is 0.285. The van der Waals surface area contributed by atoms with Crippen LogP contribution in [0.2, 0.25) is 5.02 Å². The van der Waals surface area contributed by atoms with Crippen molar-refractivity contribution in [1.29, 1.82) is 0 Å². The molecule has 0 amide bonds. The number of rotatable bonds is 6. The molecule has 164 valence electrons. The number of ether oxygens (including phenoxy) is 2. The van der Waals surface area contributed by atoms with Crippen molar-refractivity contribution in [3.8, 4) is 23.0 Å². The summed E-state index contributed by atoms with van der Waals surface area (Å²) in [6, 6.07) is 11.9. The van der Waals surface area contributed by atoms with Crippen molar-refractivity contribution in [1.82, 2.24) is 14.5 Å². The molecule has 0 bridgehead atoms. The van der Waals surface area contributed by atoms with Crippen LogP contribution >= 0.6 is 11.6 Å². The number of nitrogens with zero attached hydrogens (tertiary/aromatic N) is 3. The van der Waals surface area contributed by atoms with Gasteiger partial charge in [-0.15, -0.1) is 10.2 Å². The largest absolute Gasteiger partial charge is 0.496 e. The summed E-state index contributed by atoms with van der Waals surface area (Å²) >= 11 is 6.05. The van der Waals surface area contributed by atoms with Gasteiger partial charge in [0.25, 0.3) is 5.89 Å². The molecule has 1 fully saturated rings. The minimum atomic E-state index is -3.81. The molecule has 1 aliphatic rings. The van der Waals surface area contributed by atoms with Crippen molar-refractivity contribution >= 4 is 21.6 Å². The summed E-state index contributed by atoms with van der Waals surface area (Å²) in [7, 11) is -0.807. The molecule has 1 atom stereocenters. The van der Waals surface area contributed by atoms with Crippen LogP contribution in [0.15, 0.2) is 51.8 Å². The predicted octanol–water partition coefficient (Wildman–Crippen LogP) is 3.98. The molecule has 1 aliphatic heterocycles. The van der Waals surface area contributed by atoms with Gasteiger partial charge in [0, 0.05) is 18.1 Å². The number of para-hydroxylation sites is 1. The molecule has 2 aromatic carbocycles. The van der Waals surface area contributed by atoms with Gasteiger partial charge in [0.05, 0.1) is 25.7 Å². The van der Waals surface area contributed by atoms with Crippen LogP contribution in [-0.2, 0) is 10.0 Å². The zero-order valence-electron chi connectivity index (χ0n) is 17.1. The highest BCUT2D eigenvalue weighted by atomic mass is 35.5. The van der Waals surface area contributed by atoms with E-state index in [9.17, 15) is 8.42 Å². The van der Waals surface area contributed by atoms with E-state index >= 15 is 0 Å². The lowest BCUT2D eigenvalue weighted by Crippen LogP contribution is -2.39. The Morgan fingerprint density at radius 3 is 2.65 bits per heavy atom. The van der Waals surface area contributed by atoms with Gasteiger partial charge in [-0.05, 0) is 43.2 Å². The van der Waals surface area contributed by atoms with Crippen LogP contribution in [-0.4, -0.2) is 50.2 Å². The molecule has 0 spiro atoms. The zero-order chi connectivity index (χ0) is 22.0. The van der Waals surface area contributed by atoms with Crippen LogP contribution in [0.4, 0.5) is 0 Å². The highest BCUT2D eigenvalue weighted by molar-refractivity contribution is 7.89. The van der Waals surface area contributed by atoms with Crippen LogP contribution in [0.25, 0.3) is 11.5 Å². The highest BCUT2D eigenvalue weighted by Crippen LogP contribution is 2.35. The van der Waals surface area contributed by atoms with Gasteiger partial charge in [0.2, 0.25) is 15.9 Å². The smallest absolute Gasteiger partial charge is 0.251 e.